The maximum Gasteiger partial charge on any atom is 0.258 e. The van der Waals surface area contributed by atoms with Gasteiger partial charge in [0.2, 0.25) is 0 Å². The van der Waals surface area contributed by atoms with E-state index in [-0.39, 0.29) is 12.0 Å². The lowest BCUT2D eigenvalue weighted by atomic mass is 9.99. The van der Waals surface area contributed by atoms with Gasteiger partial charge in [-0.25, -0.2) is 13.9 Å². The molecule has 1 aromatic carbocycles. The first-order valence-electron chi connectivity index (χ1n) is 11.5. The average molecular weight is 470 g/mol. The third-order valence-electron chi connectivity index (χ3n) is 7.27. The number of carbonyl (C=O) groups excluding carboxylic acids is 1. The Morgan fingerprint density at radius 2 is 2.03 bits per heavy atom. The first-order valence-corrected chi connectivity index (χ1v) is 11.9. The van der Waals surface area contributed by atoms with Gasteiger partial charge in [0.05, 0.1) is 35.6 Å². The van der Waals surface area contributed by atoms with Gasteiger partial charge in [0.15, 0.2) is 5.65 Å². The summed E-state index contributed by atoms with van der Waals surface area (Å²) in [5.41, 5.74) is 2.79. The van der Waals surface area contributed by atoms with Crippen LogP contribution in [-0.4, -0.2) is 55.0 Å². The van der Waals surface area contributed by atoms with Crippen LogP contribution in [0.15, 0.2) is 30.6 Å². The smallest absolute Gasteiger partial charge is 0.258 e. The maximum absolute atomic E-state index is 14.2. The Morgan fingerprint density at radius 1 is 1.24 bits per heavy atom. The largest absolute Gasteiger partial charge is 0.489 e. The molecule has 6 rings (SSSR count). The van der Waals surface area contributed by atoms with E-state index >= 15 is 0 Å². The van der Waals surface area contributed by atoms with Crippen molar-refractivity contribution < 1.29 is 13.9 Å². The monoisotopic (exact) mass is 469 g/mol. The van der Waals surface area contributed by atoms with Crippen LogP contribution in [0.25, 0.3) is 5.65 Å². The van der Waals surface area contributed by atoms with Crippen molar-refractivity contribution in [3.63, 3.8) is 0 Å². The van der Waals surface area contributed by atoms with Gasteiger partial charge in [-0.15, -0.1) is 0 Å². The van der Waals surface area contributed by atoms with E-state index in [2.05, 4.69) is 21.9 Å². The number of nitrogens with zero attached hydrogens (tertiary/aromatic N) is 5. The number of fused-ring (bicyclic) bond motifs is 5. The van der Waals surface area contributed by atoms with E-state index in [1.54, 1.807) is 21.8 Å². The van der Waals surface area contributed by atoms with Gasteiger partial charge in [-0.1, -0.05) is 18.5 Å². The molecule has 33 heavy (non-hydrogen) atoms. The molecule has 9 heteroatoms. The van der Waals surface area contributed by atoms with Gasteiger partial charge in [-0.05, 0) is 44.4 Å². The molecule has 172 valence electrons. The molecule has 2 bridgehead atoms. The molecule has 2 atom stereocenters. The summed E-state index contributed by atoms with van der Waals surface area (Å²) >= 11 is 6.01. The van der Waals surface area contributed by atoms with Gasteiger partial charge in [-0.2, -0.15) is 5.10 Å². The van der Waals surface area contributed by atoms with Gasteiger partial charge in [0, 0.05) is 29.9 Å². The van der Waals surface area contributed by atoms with Crippen molar-refractivity contribution in [2.75, 3.05) is 6.54 Å². The van der Waals surface area contributed by atoms with Crippen molar-refractivity contribution in [3.8, 4) is 5.75 Å². The van der Waals surface area contributed by atoms with Crippen LogP contribution in [0.5, 0.6) is 5.75 Å². The highest BCUT2D eigenvalue weighted by Crippen LogP contribution is 2.38. The van der Waals surface area contributed by atoms with Crippen molar-refractivity contribution in [1.29, 1.82) is 0 Å². The lowest BCUT2D eigenvalue weighted by Crippen LogP contribution is -2.46. The lowest BCUT2D eigenvalue weighted by molar-refractivity contribution is 0.0511. The predicted octanol–water partition coefficient (Wildman–Crippen LogP) is 4.07. The van der Waals surface area contributed by atoms with Crippen LogP contribution >= 0.6 is 11.6 Å². The predicted molar refractivity (Wildman–Crippen MR) is 121 cm³/mol. The first kappa shape index (κ1) is 20.9. The molecule has 0 N–H and O–H groups in total. The fraction of sp³-hybridized carbons (Fsp3) is 0.458. The number of halogens is 2. The van der Waals surface area contributed by atoms with E-state index in [1.165, 1.54) is 31.0 Å². The Morgan fingerprint density at radius 3 is 2.79 bits per heavy atom. The fourth-order valence-electron chi connectivity index (χ4n) is 5.82. The lowest BCUT2D eigenvalue weighted by Gasteiger charge is -2.38. The molecular weight excluding hydrogens is 445 g/mol. The molecule has 3 aliphatic heterocycles. The van der Waals surface area contributed by atoms with E-state index in [0.717, 1.165) is 30.6 Å². The van der Waals surface area contributed by atoms with Gasteiger partial charge in [0.25, 0.3) is 5.91 Å². The van der Waals surface area contributed by atoms with Crippen molar-refractivity contribution in [2.24, 2.45) is 0 Å². The number of hydrogen-bond acceptors (Lipinski definition) is 5. The Hall–Kier alpha value is -2.71. The quantitative estimate of drug-likeness (QED) is 0.576. The summed E-state index contributed by atoms with van der Waals surface area (Å²) in [6.07, 6.45) is 7.46. The number of piperidine rings is 1. The highest BCUT2D eigenvalue weighted by Gasteiger charge is 2.41. The number of rotatable bonds is 4. The summed E-state index contributed by atoms with van der Waals surface area (Å²) in [5.74, 6) is -0.263. The van der Waals surface area contributed by atoms with E-state index in [9.17, 15) is 9.18 Å². The molecule has 7 nitrogen and oxygen atoms in total. The number of carbonyl (C=O) groups is 1. The SMILES string of the molecule is CCN1[C@H]2CC[C@H]1CC(Oc1cc(F)ccc1C(=O)N1Cc3nn4cc(Cl)cnc4c3C1)C2. The normalized spacial score (nSPS) is 24.5. The zero-order valence-electron chi connectivity index (χ0n) is 18.4. The topological polar surface area (TPSA) is 63.0 Å². The Kier molecular flexibility index (Phi) is 5.03. The van der Waals surface area contributed by atoms with E-state index < -0.39 is 5.82 Å². The number of hydrogen-bond donors (Lipinski definition) is 0. The molecule has 2 aromatic heterocycles. The van der Waals surface area contributed by atoms with E-state index in [0.29, 0.717) is 47.2 Å². The summed E-state index contributed by atoms with van der Waals surface area (Å²) in [6.45, 7) is 4.00. The number of aromatic nitrogens is 3. The van der Waals surface area contributed by atoms with Crippen LogP contribution in [-0.2, 0) is 13.1 Å². The second-order valence-corrected chi connectivity index (χ2v) is 9.63. The summed E-state index contributed by atoms with van der Waals surface area (Å²) in [6, 6.07) is 5.22. The molecular formula is C24H25ClFN5O2. The van der Waals surface area contributed by atoms with Gasteiger partial charge >= 0.3 is 0 Å². The molecule has 2 fully saturated rings. The van der Waals surface area contributed by atoms with Crippen molar-refractivity contribution in [3.05, 3.63) is 58.3 Å². The molecule has 3 aliphatic rings. The minimum absolute atomic E-state index is 0.00687. The maximum atomic E-state index is 14.2. The Labute approximate surface area is 196 Å². The first-order chi connectivity index (χ1) is 16.0. The third kappa shape index (κ3) is 3.56. The van der Waals surface area contributed by atoms with Crippen LogP contribution < -0.4 is 4.74 Å². The standard InChI is InChI=1S/C24H25ClFN5O2/c1-2-30-16-4-5-17(30)9-18(8-16)33-22-7-15(26)3-6-19(22)24(32)29-12-20-21(13-29)28-31-11-14(25)10-27-23(20)31/h3,6-7,10-11,16-18H,2,4-5,8-9,12-13H2,1H3/t16-,17-/m0/s1. The molecule has 0 aliphatic carbocycles. The molecule has 0 unspecified atom stereocenters. The van der Waals surface area contributed by atoms with E-state index in [1.807, 2.05) is 0 Å². The summed E-state index contributed by atoms with van der Waals surface area (Å²) < 4.78 is 22.1. The summed E-state index contributed by atoms with van der Waals surface area (Å²) in [4.78, 5) is 22.1. The molecule has 0 radical (unpaired) electrons. The second kappa shape index (κ2) is 7.95. The third-order valence-corrected chi connectivity index (χ3v) is 7.47. The van der Waals surface area contributed by atoms with Crippen molar-refractivity contribution >= 4 is 23.2 Å². The number of ether oxygens (including phenoxy) is 1. The van der Waals surface area contributed by atoms with Crippen molar-refractivity contribution in [2.45, 2.75) is 63.9 Å². The molecule has 5 heterocycles. The highest BCUT2D eigenvalue weighted by molar-refractivity contribution is 6.30. The summed E-state index contributed by atoms with van der Waals surface area (Å²) in [5, 5.41) is 5.03. The highest BCUT2D eigenvalue weighted by atomic mass is 35.5. The van der Waals surface area contributed by atoms with Gasteiger partial charge < -0.3 is 9.64 Å². The molecule has 2 saturated heterocycles. The van der Waals surface area contributed by atoms with Crippen LogP contribution in [0.4, 0.5) is 4.39 Å². The zero-order chi connectivity index (χ0) is 22.7. The van der Waals surface area contributed by atoms with Gasteiger partial charge in [-0.3, -0.25) is 9.69 Å². The van der Waals surface area contributed by atoms with Gasteiger partial charge in [0.1, 0.15) is 17.7 Å². The van der Waals surface area contributed by atoms with Crippen LogP contribution in [0.3, 0.4) is 0 Å². The van der Waals surface area contributed by atoms with Crippen LogP contribution in [0, 0.1) is 5.82 Å². The average Bonchev–Trinajstić information content (AvgIpc) is 3.42. The Balaban J connectivity index is 1.23. The minimum atomic E-state index is -0.404. The summed E-state index contributed by atoms with van der Waals surface area (Å²) in [7, 11) is 0. The number of benzene rings is 1. The minimum Gasteiger partial charge on any atom is -0.489 e. The second-order valence-electron chi connectivity index (χ2n) is 9.19. The molecule has 0 saturated carbocycles. The fourth-order valence-corrected chi connectivity index (χ4v) is 5.96. The van der Waals surface area contributed by atoms with Crippen LogP contribution in [0.2, 0.25) is 5.02 Å². The van der Waals surface area contributed by atoms with E-state index in [4.69, 9.17) is 16.3 Å². The molecule has 0 spiro atoms. The molecule has 3 aromatic rings. The zero-order valence-corrected chi connectivity index (χ0v) is 19.1. The Bertz CT molecular complexity index is 1230. The van der Waals surface area contributed by atoms with Crippen LogP contribution in [0.1, 0.15) is 54.2 Å². The van der Waals surface area contributed by atoms with Crippen molar-refractivity contribution in [1.82, 2.24) is 24.4 Å². The number of amides is 1. The molecule has 1 amide bonds.